The zero-order valence-corrected chi connectivity index (χ0v) is 17.0. The minimum absolute atomic E-state index is 0.121. The molecule has 8 heteroatoms. The van der Waals surface area contributed by atoms with E-state index in [1.54, 1.807) is 47.6 Å². The first-order valence-electron chi connectivity index (χ1n) is 9.21. The number of pyridine rings is 1. The quantitative estimate of drug-likeness (QED) is 0.657. The van der Waals surface area contributed by atoms with Crippen LogP contribution in [0.15, 0.2) is 59.3 Å². The van der Waals surface area contributed by atoms with Crippen molar-refractivity contribution in [2.45, 2.75) is 6.04 Å². The highest BCUT2D eigenvalue weighted by Crippen LogP contribution is 2.32. The van der Waals surface area contributed by atoms with Gasteiger partial charge in [0.25, 0.3) is 5.91 Å². The van der Waals surface area contributed by atoms with E-state index in [4.69, 9.17) is 32.4 Å². The second kappa shape index (κ2) is 8.86. The van der Waals surface area contributed by atoms with Gasteiger partial charge in [0.05, 0.1) is 17.3 Å². The van der Waals surface area contributed by atoms with Gasteiger partial charge in [-0.1, -0.05) is 23.2 Å². The number of carbonyl (C=O) groups excluding carboxylic acids is 1. The van der Waals surface area contributed by atoms with Crippen molar-refractivity contribution in [2.75, 3.05) is 26.2 Å². The van der Waals surface area contributed by atoms with Crippen molar-refractivity contribution in [2.24, 2.45) is 0 Å². The first-order chi connectivity index (χ1) is 14.1. The first kappa shape index (κ1) is 19.8. The number of carbonyl (C=O) groups is 1. The molecular weight excluding hydrogens is 413 g/mol. The molecule has 1 aliphatic heterocycles. The van der Waals surface area contributed by atoms with Gasteiger partial charge in [0.1, 0.15) is 18.1 Å². The molecule has 1 aromatic carbocycles. The Balaban J connectivity index is 1.49. The molecule has 3 heterocycles. The summed E-state index contributed by atoms with van der Waals surface area (Å²) in [6.07, 6.45) is 3.34. The Morgan fingerprint density at radius 3 is 2.97 bits per heavy atom. The molecule has 1 amide bonds. The lowest BCUT2D eigenvalue weighted by molar-refractivity contribution is 0.0529. The maximum absolute atomic E-state index is 13.1. The van der Waals surface area contributed by atoms with E-state index >= 15 is 0 Å². The normalized spacial score (nSPS) is 16.6. The number of ether oxygens (including phenoxy) is 1. The molecule has 3 aromatic rings. The Morgan fingerprint density at radius 1 is 1.28 bits per heavy atom. The van der Waals surface area contributed by atoms with Crippen molar-refractivity contribution < 1.29 is 13.9 Å². The fraction of sp³-hybridized carbons (Fsp3) is 0.238. The Bertz CT molecular complexity index is 994. The minimum atomic E-state index is -0.178. The number of benzene rings is 1. The predicted molar refractivity (Wildman–Crippen MR) is 112 cm³/mol. The van der Waals surface area contributed by atoms with Crippen LogP contribution in [-0.4, -0.2) is 48.1 Å². The van der Waals surface area contributed by atoms with E-state index in [0.717, 1.165) is 0 Å². The largest absolute Gasteiger partial charge is 0.490 e. The molecule has 1 atom stereocenters. The smallest absolute Gasteiger partial charge is 0.290 e. The Morgan fingerprint density at radius 2 is 2.17 bits per heavy atom. The molecule has 2 aromatic heterocycles. The number of furan rings is 1. The molecule has 6 nitrogen and oxygen atoms in total. The molecule has 1 saturated heterocycles. The highest BCUT2D eigenvalue weighted by Gasteiger charge is 2.30. The van der Waals surface area contributed by atoms with Crippen LogP contribution in [0.1, 0.15) is 10.6 Å². The molecule has 1 fully saturated rings. The van der Waals surface area contributed by atoms with Crippen LogP contribution in [0.5, 0.6) is 5.75 Å². The molecule has 29 heavy (non-hydrogen) atoms. The molecule has 0 radical (unpaired) electrons. The maximum Gasteiger partial charge on any atom is 0.290 e. The number of nitrogens with one attached hydrogen (secondary N) is 1. The molecule has 1 unspecified atom stereocenters. The Labute approximate surface area is 178 Å². The van der Waals surface area contributed by atoms with Crippen molar-refractivity contribution in [3.8, 4) is 17.1 Å². The van der Waals surface area contributed by atoms with E-state index in [1.165, 1.54) is 0 Å². The SMILES string of the molecule is O=C(c1ccc(-c2ccc(Cl)cc2Cl)o1)N1CCNCC1COc1cccnc1. The average Bonchev–Trinajstić information content (AvgIpc) is 3.22. The third-order valence-electron chi connectivity index (χ3n) is 4.70. The highest BCUT2D eigenvalue weighted by molar-refractivity contribution is 6.36. The summed E-state index contributed by atoms with van der Waals surface area (Å²) in [5.74, 6) is 1.28. The standard InChI is InChI=1S/C21H19Cl2N3O3/c22-14-3-4-17(18(23)10-14)19-5-6-20(29-19)21(27)26-9-8-25-11-15(26)13-28-16-2-1-7-24-12-16/h1-7,10,12,15,25H,8-9,11,13H2. The third kappa shape index (κ3) is 4.56. The lowest BCUT2D eigenvalue weighted by Gasteiger charge is -2.35. The van der Waals surface area contributed by atoms with Crippen LogP contribution in [0.2, 0.25) is 10.0 Å². The van der Waals surface area contributed by atoms with Crippen LogP contribution in [0, 0.1) is 0 Å². The molecule has 1 N–H and O–H groups in total. The topological polar surface area (TPSA) is 67.6 Å². The summed E-state index contributed by atoms with van der Waals surface area (Å²) in [6.45, 7) is 2.28. The van der Waals surface area contributed by atoms with Gasteiger partial charge >= 0.3 is 0 Å². The summed E-state index contributed by atoms with van der Waals surface area (Å²) < 4.78 is 11.6. The number of aromatic nitrogens is 1. The zero-order valence-electron chi connectivity index (χ0n) is 15.5. The van der Waals surface area contributed by atoms with Gasteiger partial charge in [-0.25, -0.2) is 0 Å². The van der Waals surface area contributed by atoms with E-state index in [0.29, 0.717) is 53.4 Å². The number of nitrogens with zero attached hydrogens (tertiary/aromatic N) is 2. The van der Waals surface area contributed by atoms with Crippen LogP contribution < -0.4 is 10.1 Å². The Hall–Kier alpha value is -2.54. The summed E-state index contributed by atoms with van der Waals surface area (Å²) in [6, 6.07) is 12.1. The van der Waals surface area contributed by atoms with Crippen molar-refractivity contribution in [3.05, 3.63) is 70.7 Å². The van der Waals surface area contributed by atoms with Crippen molar-refractivity contribution in [1.29, 1.82) is 0 Å². The number of hydrogen-bond acceptors (Lipinski definition) is 5. The van der Waals surface area contributed by atoms with Crippen LogP contribution in [-0.2, 0) is 0 Å². The van der Waals surface area contributed by atoms with E-state index in [-0.39, 0.29) is 17.7 Å². The van der Waals surface area contributed by atoms with E-state index < -0.39 is 0 Å². The van der Waals surface area contributed by atoms with E-state index in [9.17, 15) is 4.79 Å². The fourth-order valence-electron chi connectivity index (χ4n) is 3.23. The number of hydrogen-bond donors (Lipinski definition) is 1. The van der Waals surface area contributed by atoms with Crippen molar-refractivity contribution in [1.82, 2.24) is 15.2 Å². The van der Waals surface area contributed by atoms with Gasteiger partial charge in [0.15, 0.2) is 5.76 Å². The second-order valence-electron chi connectivity index (χ2n) is 6.64. The summed E-state index contributed by atoms with van der Waals surface area (Å²) >= 11 is 12.2. The monoisotopic (exact) mass is 431 g/mol. The van der Waals surface area contributed by atoms with E-state index in [1.807, 2.05) is 12.1 Å². The lowest BCUT2D eigenvalue weighted by Crippen LogP contribution is -2.55. The summed E-state index contributed by atoms with van der Waals surface area (Å²) in [5.41, 5.74) is 0.687. The van der Waals surface area contributed by atoms with Gasteiger partial charge in [-0.3, -0.25) is 9.78 Å². The van der Waals surface area contributed by atoms with Gasteiger partial charge in [-0.05, 0) is 42.5 Å². The van der Waals surface area contributed by atoms with Crippen LogP contribution in [0.4, 0.5) is 0 Å². The van der Waals surface area contributed by atoms with Crippen molar-refractivity contribution in [3.63, 3.8) is 0 Å². The predicted octanol–water partition coefficient (Wildman–Crippen LogP) is 4.14. The summed E-state index contributed by atoms with van der Waals surface area (Å²) in [7, 11) is 0. The first-order valence-corrected chi connectivity index (χ1v) is 9.97. The van der Waals surface area contributed by atoms with Gasteiger partial charge in [-0.2, -0.15) is 0 Å². The van der Waals surface area contributed by atoms with Crippen LogP contribution in [0.3, 0.4) is 0 Å². The molecule has 0 bridgehead atoms. The molecule has 1 aliphatic rings. The van der Waals surface area contributed by atoms with Gasteiger partial charge < -0.3 is 19.4 Å². The lowest BCUT2D eigenvalue weighted by atomic mass is 10.2. The second-order valence-corrected chi connectivity index (χ2v) is 7.49. The fourth-order valence-corrected chi connectivity index (χ4v) is 3.73. The van der Waals surface area contributed by atoms with Gasteiger partial charge in [-0.15, -0.1) is 0 Å². The summed E-state index contributed by atoms with van der Waals surface area (Å²) in [4.78, 5) is 18.9. The third-order valence-corrected chi connectivity index (χ3v) is 5.25. The number of amides is 1. The van der Waals surface area contributed by atoms with Gasteiger partial charge in [0.2, 0.25) is 0 Å². The molecule has 0 spiro atoms. The minimum Gasteiger partial charge on any atom is -0.490 e. The Kier molecular flexibility index (Phi) is 6.04. The maximum atomic E-state index is 13.1. The summed E-state index contributed by atoms with van der Waals surface area (Å²) in [5, 5.41) is 4.31. The highest BCUT2D eigenvalue weighted by atomic mass is 35.5. The van der Waals surface area contributed by atoms with Crippen molar-refractivity contribution >= 4 is 29.1 Å². The molecule has 4 rings (SSSR count). The number of piperazine rings is 1. The average molecular weight is 432 g/mol. The van der Waals surface area contributed by atoms with Crippen LogP contribution in [0.25, 0.3) is 11.3 Å². The molecule has 150 valence electrons. The van der Waals surface area contributed by atoms with Gasteiger partial charge in [0, 0.05) is 36.4 Å². The van der Waals surface area contributed by atoms with Crippen LogP contribution >= 0.6 is 23.2 Å². The number of halogens is 2. The molecule has 0 saturated carbocycles. The molecule has 0 aliphatic carbocycles. The number of rotatable bonds is 5. The molecular formula is C21H19Cl2N3O3. The zero-order chi connectivity index (χ0) is 20.2. The van der Waals surface area contributed by atoms with E-state index in [2.05, 4.69) is 10.3 Å².